The maximum atomic E-state index is 13.9. The zero-order chi connectivity index (χ0) is 18.0. The standard InChI is InChI=1S/C22H24FNO2/c23-18-10-4-2-8-16(18)14-21(25)24-19-15-22(12-6-1-7-13-22)26-20-11-5-3-9-17(19)20/h2-5,8-11,19H,1,6-7,12-15H2,(H,24,25)/t19-/m1/s1. The molecule has 1 heterocycles. The van der Waals surface area contributed by atoms with Crippen molar-refractivity contribution in [2.45, 2.75) is 56.6 Å². The Bertz CT molecular complexity index is 798. The molecule has 136 valence electrons. The van der Waals surface area contributed by atoms with Gasteiger partial charge in [-0.05, 0) is 43.4 Å². The van der Waals surface area contributed by atoms with Crippen molar-refractivity contribution in [2.75, 3.05) is 0 Å². The van der Waals surface area contributed by atoms with Gasteiger partial charge < -0.3 is 10.1 Å². The largest absolute Gasteiger partial charge is 0.487 e. The first-order chi connectivity index (χ1) is 12.7. The summed E-state index contributed by atoms with van der Waals surface area (Å²) in [7, 11) is 0. The van der Waals surface area contributed by atoms with Crippen LogP contribution in [0.3, 0.4) is 0 Å². The number of benzene rings is 2. The summed E-state index contributed by atoms with van der Waals surface area (Å²) in [4.78, 5) is 12.6. The van der Waals surface area contributed by atoms with Crippen LogP contribution in [-0.4, -0.2) is 11.5 Å². The Morgan fingerprint density at radius 1 is 1.08 bits per heavy atom. The summed E-state index contributed by atoms with van der Waals surface area (Å²) in [6.45, 7) is 0. The number of ether oxygens (including phenoxy) is 1. The van der Waals surface area contributed by atoms with Crippen molar-refractivity contribution in [3.8, 4) is 5.75 Å². The van der Waals surface area contributed by atoms with Crippen molar-refractivity contribution in [2.24, 2.45) is 0 Å². The van der Waals surface area contributed by atoms with Crippen molar-refractivity contribution >= 4 is 5.91 Å². The molecule has 1 fully saturated rings. The maximum absolute atomic E-state index is 13.9. The third kappa shape index (κ3) is 3.46. The quantitative estimate of drug-likeness (QED) is 0.868. The van der Waals surface area contributed by atoms with Crippen LogP contribution in [0.2, 0.25) is 0 Å². The summed E-state index contributed by atoms with van der Waals surface area (Å²) in [5.74, 6) is 0.387. The smallest absolute Gasteiger partial charge is 0.225 e. The molecule has 1 aliphatic heterocycles. The lowest BCUT2D eigenvalue weighted by Crippen LogP contribution is -2.46. The normalized spacial score (nSPS) is 20.9. The molecular formula is C22H24FNO2. The first-order valence-electron chi connectivity index (χ1n) is 9.46. The Hall–Kier alpha value is -2.36. The molecule has 0 saturated heterocycles. The number of carbonyl (C=O) groups is 1. The highest BCUT2D eigenvalue weighted by Crippen LogP contribution is 2.46. The van der Waals surface area contributed by atoms with E-state index in [0.29, 0.717) is 5.56 Å². The van der Waals surface area contributed by atoms with Gasteiger partial charge >= 0.3 is 0 Å². The molecule has 2 aromatic rings. The highest BCUT2D eigenvalue weighted by molar-refractivity contribution is 5.79. The number of hydrogen-bond acceptors (Lipinski definition) is 2. The minimum atomic E-state index is -0.334. The Balaban J connectivity index is 1.54. The fourth-order valence-corrected chi connectivity index (χ4v) is 4.31. The van der Waals surface area contributed by atoms with E-state index in [1.54, 1.807) is 18.2 Å². The predicted octanol–water partition coefficient (Wildman–Crippen LogP) is 4.71. The van der Waals surface area contributed by atoms with Gasteiger partial charge in [0.1, 0.15) is 17.2 Å². The topological polar surface area (TPSA) is 38.3 Å². The Labute approximate surface area is 153 Å². The van der Waals surface area contributed by atoms with Gasteiger partial charge in [-0.15, -0.1) is 0 Å². The van der Waals surface area contributed by atoms with Crippen LogP contribution in [0.25, 0.3) is 0 Å². The first-order valence-corrected chi connectivity index (χ1v) is 9.46. The molecule has 1 amide bonds. The van der Waals surface area contributed by atoms with E-state index in [-0.39, 0.29) is 29.8 Å². The summed E-state index contributed by atoms with van der Waals surface area (Å²) >= 11 is 0. The van der Waals surface area contributed by atoms with Gasteiger partial charge in [0.25, 0.3) is 0 Å². The summed E-state index contributed by atoms with van der Waals surface area (Å²) in [6.07, 6.45) is 6.47. The van der Waals surface area contributed by atoms with Crippen molar-refractivity contribution in [3.63, 3.8) is 0 Å². The second kappa shape index (κ2) is 7.10. The Morgan fingerprint density at radius 3 is 2.62 bits per heavy atom. The molecule has 0 radical (unpaired) electrons. The van der Waals surface area contributed by atoms with Crippen molar-refractivity contribution < 1.29 is 13.9 Å². The van der Waals surface area contributed by atoms with Crippen LogP contribution in [-0.2, 0) is 11.2 Å². The number of halogens is 1. The predicted molar refractivity (Wildman–Crippen MR) is 98.5 cm³/mol. The van der Waals surface area contributed by atoms with Gasteiger partial charge in [-0.25, -0.2) is 4.39 Å². The van der Waals surface area contributed by atoms with E-state index < -0.39 is 0 Å². The number of para-hydroxylation sites is 1. The first kappa shape index (κ1) is 17.1. The number of rotatable bonds is 3. The van der Waals surface area contributed by atoms with E-state index in [0.717, 1.165) is 43.4 Å². The SMILES string of the molecule is O=C(Cc1ccccc1F)N[C@@H]1CC2(CCCCC2)Oc2ccccc21. The molecule has 4 rings (SSSR count). The summed E-state index contributed by atoms with van der Waals surface area (Å²) < 4.78 is 20.3. The average molecular weight is 353 g/mol. The zero-order valence-electron chi connectivity index (χ0n) is 14.8. The highest BCUT2D eigenvalue weighted by Gasteiger charge is 2.42. The number of amides is 1. The summed E-state index contributed by atoms with van der Waals surface area (Å²) in [6, 6.07) is 14.3. The molecule has 26 heavy (non-hydrogen) atoms. The summed E-state index contributed by atoms with van der Waals surface area (Å²) in [5.41, 5.74) is 1.27. The third-order valence-electron chi connectivity index (χ3n) is 5.61. The third-order valence-corrected chi connectivity index (χ3v) is 5.61. The minimum Gasteiger partial charge on any atom is -0.487 e. The Kier molecular flexibility index (Phi) is 4.66. The molecule has 1 spiro atoms. The molecule has 3 nitrogen and oxygen atoms in total. The molecule has 0 unspecified atom stereocenters. The lowest BCUT2D eigenvalue weighted by molar-refractivity contribution is -0.122. The molecule has 4 heteroatoms. The second-order valence-electron chi connectivity index (χ2n) is 7.48. The summed E-state index contributed by atoms with van der Waals surface area (Å²) in [5, 5.41) is 3.14. The van der Waals surface area contributed by atoms with E-state index in [4.69, 9.17) is 4.74 Å². The highest BCUT2D eigenvalue weighted by atomic mass is 19.1. The zero-order valence-corrected chi connectivity index (χ0v) is 14.8. The van der Waals surface area contributed by atoms with Crippen molar-refractivity contribution in [3.05, 3.63) is 65.5 Å². The monoisotopic (exact) mass is 353 g/mol. The maximum Gasteiger partial charge on any atom is 0.225 e. The van der Waals surface area contributed by atoms with Crippen LogP contribution in [0, 0.1) is 5.82 Å². The van der Waals surface area contributed by atoms with E-state index in [2.05, 4.69) is 5.32 Å². The fourth-order valence-electron chi connectivity index (χ4n) is 4.31. The van der Waals surface area contributed by atoms with Gasteiger partial charge in [-0.2, -0.15) is 0 Å². The molecular weight excluding hydrogens is 329 g/mol. The van der Waals surface area contributed by atoms with Crippen LogP contribution < -0.4 is 10.1 Å². The van der Waals surface area contributed by atoms with Crippen molar-refractivity contribution in [1.82, 2.24) is 5.32 Å². The number of nitrogens with one attached hydrogen (secondary N) is 1. The van der Waals surface area contributed by atoms with E-state index >= 15 is 0 Å². The van der Waals surface area contributed by atoms with Gasteiger partial charge in [-0.3, -0.25) is 4.79 Å². The van der Waals surface area contributed by atoms with Crippen LogP contribution in [0.15, 0.2) is 48.5 Å². The minimum absolute atomic E-state index is 0.0548. The molecule has 2 aliphatic rings. The van der Waals surface area contributed by atoms with E-state index in [1.165, 1.54) is 12.5 Å². The van der Waals surface area contributed by atoms with Crippen LogP contribution >= 0.6 is 0 Å². The van der Waals surface area contributed by atoms with Gasteiger partial charge in [0.05, 0.1) is 12.5 Å². The molecule has 2 aromatic carbocycles. The lowest BCUT2D eigenvalue weighted by atomic mass is 9.77. The molecule has 0 aromatic heterocycles. The molecule has 1 saturated carbocycles. The van der Waals surface area contributed by atoms with Crippen LogP contribution in [0.1, 0.15) is 55.7 Å². The van der Waals surface area contributed by atoms with Gasteiger partial charge in [0, 0.05) is 12.0 Å². The molecule has 1 aliphatic carbocycles. The average Bonchev–Trinajstić information content (AvgIpc) is 2.64. The van der Waals surface area contributed by atoms with E-state index in [9.17, 15) is 9.18 Å². The number of fused-ring (bicyclic) bond motifs is 1. The number of carbonyl (C=O) groups excluding carboxylic acids is 1. The second-order valence-corrected chi connectivity index (χ2v) is 7.48. The van der Waals surface area contributed by atoms with Gasteiger partial charge in [0.15, 0.2) is 0 Å². The lowest BCUT2D eigenvalue weighted by Gasteiger charge is -2.44. The van der Waals surface area contributed by atoms with Gasteiger partial charge in [0.2, 0.25) is 5.91 Å². The Morgan fingerprint density at radius 2 is 1.81 bits per heavy atom. The van der Waals surface area contributed by atoms with Crippen LogP contribution in [0.5, 0.6) is 5.75 Å². The van der Waals surface area contributed by atoms with Gasteiger partial charge in [-0.1, -0.05) is 42.8 Å². The molecule has 0 bridgehead atoms. The fraction of sp³-hybridized carbons (Fsp3) is 0.409. The molecule has 1 N–H and O–H groups in total. The van der Waals surface area contributed by atoms with E-state index in [1.807, 2.05) is 24.3 Å². The van der Waals surface area contributed by atoms with Crippen molar-refractivity contribution in [1.29, 1.82) is 0 Å². The van der Waals surface area contributed by atoms with Crippen LogP contribution in [0.4, 0.5) is 4.39 Å². The number of hydrogen-bond donors (Lipinski definition) is 1. The molecule has 1 atom stereocenters.